The van der Waals surface area contributed by atoms with Crippen LogP contribution < -0.4 is 5.32 Å². The number of hydrogen-bond donors (Lipinski definition) is 1. The molecule has 0 radical (unpaired) electrons. The van der Waals surface area contributed by atoms with Crippen LogP contribution in [0.3, 0.4) is 0 Å². The van der Waals surface area contributed by atoms with Crippen molar-refractivity contribution >= 4 is 11.8 Å². The van der Waals surface area contributed by atoms with E-state index >= 15 is 0 Å². The van der Waals surface area contributed by atoms with Crippen LogP contribution in [0.2, 0.25) is 0 Å². The first-order valence-corrected chi connectivity index (χ1v) is 10.4. The molecule has 5 nitrogen and oxygen atoms in total. The van der Waals surface area contributed by atoms with E-state index in [1.165, 1.54) is 11.8 Å². The Morgan fingerprint density at radius 3 is 2.23 bits per heavy atom. The summed E-state index contributed by atoms with van der Waals surface area (Å²) in [4.78, 5) is 27.2. The van der Waals surface area contributed by atoms with Crippen molar-refractivity contribution in [3.63, 3.8) is 0 Å². The van der Waals surface area contributed by atoms with E-state index in [0.717, 1.165) is 12.0 Å². The third kappa shape index (κ3) is 4.79. The van der Waals surface area contributed by atoms with Crippen LogP contribution in [0.25, 0.3) is 0 Å². The van der Waals surface area contributed by atoms with Crippen LogP contribution in [0.1, 0.15) is 40.6 Å². The molecule has 1 N–H and O–H groups in total. The maximum absolute atomic E-state index is 13.0. The van der Waals surface area contributed by atoms with E-state index in [-0.39, 0.29) is 23.8 Å². The van der Waals surface area contributed by atoms with Gasteiger partial charge in [0.05, 0.1) is 12.3 Å². The Bertz CT molecular complexity index is 947. The van der Waals surface area contributed by atoms with Gasteiger partial charge in [-0.3, -0.25) is 9.59 Å². The summed E-state index contributed by atoms with van der Waals surface area (Å²) in [6.07, 6.45) is 3.56. The Morgan fingerprint density at radius 2 is 1.60 bits per heavy atom. The van der Waals surface area contributed by atoms with Gasteiger partial charge in [-0.15, -0.1) is 0 Å². The number of likely N-dealkylation sites (tertiary alicyclic amines) is 1. The number of hydrogen-bond acceptors (Lipinski definition) is 3. The lowest BCUT2D eigenvalue weighted by Gasteiger charge is -2.32. The Balaban J connectivity index is 1.39. The molecular formula is C25H26N2O3. The first-order chi connectivity index (χ1) is 14.7. The molecule has 1 saturated heterocycles. The van der Waals surface area contributed by atoms with Crippen molar-refractivity contribution in [1.29, 1.82) is 0 Å². The Morgan fingerprint density at radius 1 is 0.933 bits per heavy atom. The monoisotopic (exact) mass is 402 g/mol. The second kappa shape index (κ2) is 9.44. The molecule has 2 amide bonds. The second-order valence-corrected chi connectivity index (χ2v) is 7.71. The van der Waals surface area contributed by atoms with E-state index in [2.05, 4.69) is 29.6 Å². The van der Waals surface area contributed by atoms with Gasteiger partial charge >= 0.3 is 0 Å². The van der Waals surface area contributed by atoms with Gasteiger partial charge in [-0.25, -0.2) is 0 Å². The van der Waals surface area contributed by atoms with Crippen LogP contribution in [0.4, 0.5) is 0 Å². The molecule has 3 aromatic rings. The molecule has 1 fully saturated rings. The zero-order valence-corrected chi connectivity index (χ0v) is 16.9. The quantitative estimate of drug-likeness (QED) is 0.671. The molecule has 0 saturated carbocycles. The van der Waals surface area contributed by atoms with Crippen LogP contribution in [0.15, 0.2) is 83.5 Å². The first kappa shape index (κ1) is 20.0. The molecule has 2 aromatic carbocycles. The van der Waals surface area contributed by atoms with E-state index in [1.54, 1.807) is 17.0 Å². The van der Waals surface area contributed by atoms with E-state index in [4.69, 9.17) is 4.42 Å². The molecule has 0 aliphatic carbocycles. The van der Waals surface area contributed by atoms with E-state index in [1.807, 2.05) is 36.4 Å². The number of carbonyl (C=O) groups is 2. The highest BCUT2D eigenvalue weighted by atomic mass is 16.3. The van der Waals surface area contributed by atoms with Crippen molar-refractivity contribution in [2.45, 2.75) is 25.3 Å². The molecule has 0 unspecified atom stereocenters. The van der Waals surface area contributed by atoms with E-state index in [9.17, 15) is 9.59 Å². The summed E-state index contributed by atoms with van der Waals surface area (Å²) >= 11 is 0. The van der Waals surface area contributed by atoms with Gasteiger partial charge in [-0.2, -0.15) is 0 Å². The molecule has 5 heteroatoms. The topological polar surface area (TPSA) is 62.6 Å². The van der Waals surface area contributed by atoms with Crippen molar-refractivity contribution in [2.75, 3.05) is 13.1 Å². The summed E-state index contributed by atoms with van der Waals surface area (Å²) < 4.78 is 5.21. The lowest BCUT2D eigenvalue weighted by molar-refractivity contribution is -0.127. The lowest BCUT2D eigenvalue weighted by atomic mass is 9.93. The Kier molecular flexibility index (Phi) is 6.28. The van der Waals surface area contributed by atoms with Crippen LogP contribution in [-0.4, -0.2) is 29.8 Å². The van der Waals surface area contributed by atoms with Crippen molar-refractivity contribution < 1.29 is 14.0 Å². The molecule has 0 spiro atoms. The number of carbonyl (C=O) groups excluding carboxylic acids is 2. The average molecular weight is 402 g/mol. The van der Waals surface area contributed by atoms with Crippen LogP contribution in [0.5, 0.6) is 0 Å². The highest BCUT2D eigenvalue weighted by Gasteiger charge is 2.30. The summed E-state index contributed by atoms with van der Waals surface area (Å²) in [5, 5.41) is 3.26. The van der Waals surface area contributed by atoms with Gasteiger partial charge in [0.1, 0.15) is 0 Å². The SMILES string of the molecule is O=C(N[C@@H](Cc1ccccc1)c1ccccc1)C1CCN(C(=O)c2ccco2)CC1. The number of piperidine rings is 1. The maximum atomic E-state index is 13.0. The molecule has 154 valence electrons. The predicted octanol–water partition coefficient (Wildman–Crippen LogP) is 4.23. The second-order valence-electron chi connectivity index (χ2n) is 7.71. The number of amides is 2. The molecule has 30 heavy (non-hydrogen) atoms. The third-order valence-corrected chi connectivity index (χ3v) is 5.69. The molecule has 1 aromatic heterocycles. The largest absolute Gasteiger partial charge is 0.459 e. The zero-order chi connectivity index (χ0) is 20.8. The summed E-state index contributed by atoms with van der Waals surface area (Å²) in [5.74, 6) is 0.215. The number of nitrogens with one attached hydrogen (secondary N) is 1. The van der Waals surface area contributed by atoms with Crippen LogP contribution >= 0.6 is 0 Å². The molecule has 2 heterocycles. The van der Waals surface area contributed by atoms with Gasteiger partial charge < -0.3 is 14.6 Å². The zero-order valence-electron chi connectivity index (χ0n) is 16.9. The number of furan rings is 1. The van der Waals surface area contributed by atoms with Gasteiger partial charge in [0.2, 0.25) is 5.91 Å². The molecular weight excluding hydrogens is 376 g/mol. The summed E-state index contributed by atoms with van der Waals surface area (Å²) in [5.41, 5.74) is 2.28. The smallest absolute Gasteiger partial charge is 0.289 e. The molecule has 1 atom stereocenters. The van der Waals surface area contributed by atoms with Crippen molar-refractivity contribution in [2.24, 2.45) is 5.92 Å². The minimum Gasteiger partial charge on any atom is -0.459 e. The predicted molar refractivity (Wildman–Crippen MR) is 115 cm³/mol. The fraction of sp³-hybridized carbons (Fsp3) is 0.280. The van der Waals surface area contributed by atoms with Crippen LogP contribution in [-0.2, 0) is 11.2 Å². The Hall–Kier alpha value is -3.34. The van der Waals surface area contributed by atoms with Gasteiger partial charge in [0.25, 0.3) is 5.91 Å². The molecule has 1 aliphatic heterocycles. The lowest BCUT2D eigenvalue weighted by Crippen LogP contribution is -2.43. The van der Waals surface area contributed by atoms with E-state index < -0.39 is 0 Å². The van der Waals surface area contributed by atoms with E-state index in [0.29, 0.717) is 31.7 Å². The number of nitrogens with zero attached hydrogens (tertiary/aromatic N) is 1. The summed E-state index contributed by atoms with van der Waals surface area (Å²) in [6.45, 7) is 1.12. The normalized spacial score (nSPS) is 15.5. The third-order valence-electron chi connectivity index (χ3n) is 5.69. The van der Waals surface area contributed by atoms with Crippen LogP contribution in [0, 0.1) is 5.92 Å². The van der Waals surface area contributed by atoms with Crippen molar-refractivity contribution in [3.8, 4) is 0 Å². The first-order valence-electron chi connectivity index (χ1n) is 10.4. The van der Waals surface area contributed by atoms with Gasteiger partial charge in [-0.1, -0.05) is 60.7 Å². The molecule has 0 bridgehead atoms. The molecule has 1 aliphatic rings. The van der Waals surface area contributed by atoms with Crippen molar-refractivity contribution in [3.05, 3.63) is 95.9 Å². The molecule has 4 rings (SSSR count). The highest BCUT2D eigenvalue weighted by molar-refractivity contribution is 5.91. The standard InChI is InChI=1S/C25H26N2O3/c28-24(21-13-15-27(16-14-21)25(29)23-12-7-17-30-23)26-22(20-10-5-2-6-11-20)18-19-8-3-1-4-9-19/h1-12,17,21-22H,13-16,18H2,(H,26,28)/t22-/m0/s1. The minimum atomic E-state index is -0.106. The van der Waals surface area contributed by atoms with Crippen molar-refractivity contribution in [1.82, 2.24) is 10.2 Å². The van der Waals surface area contributed by atoms with Gasteiger partial charge in [0, 0.05) is 19.0 Å². The van der Waals surface area contributed by atoms with Gasteiger partial charge in [-0.05, 0) is 42.5 Å². The Labute approximate surface area is 176 Å². The summed E-state index contributed by atoms with van der Waals surface area (Å²) in [7, 11) is 0. The fourth-order valence-electron chi connectivity index (χ4n) is 3.98. The minimum absolute atomic E-state index is 0.0601. The summed E-state index contributed by atoms with van der Waals surface area (Å²) in [6, 6.07) is 23.6. The van der Waals surface area contributed by atoms with Gasteiger partial charge in [0.15, 0.2) is 5.76 Å². The highest BCUT2D eigenvalue weighted by Crippen LogP contribution is 2.23. The fourth-order valence-corrected chi connectivity index (χ4v) is 3.98. The number of rotatable bonds is 6. The number of benzene rings is 2. The maximum Gasteiger partial charge on any atom is 0.289 e. The average Bonchev–Trinajstić information content (AvgIpc) is 3.34.